The number of halogens is 1. The van der Waals surface area contributed by atoms with Crippen molar-refractivity contribution in [3.05, 3.63) is 28.8 Å². The number of rotatable bonds is 3. The highest BCUT2D eigenvalue weighted by molar-refractivity contribution is 7.99. The van der Waals surface area contributed by atoms with Crippen LogP contribution in [0, 0.1) is 0 Å². The second kappa shape index (κ2) is 6.37. The largest absolute Gasteiger partial charge is 0.490 e. The highest BCUT2D eigenvalue weighted by atomic mass is 35.5. The minimum Gasteiger partial charge on any atom is -0.490 e. The Balaban J connectivity index is 1.74. The first-order valence-electron chi connectivity index (χ1n) is 7.44. The normalized spacial score (nSPS) is 30.5. The highest BCUT2D eigenvalue weighted by Crippen LogP contribution is 2.40. The third kappa shape index (κ3) is 3.50. The summed E-state index contributed by atoms with van der Waals surface area (Å²) >= 11 is 7.97. The SMILES string of the molecule is C[C@@H](O)c1cc(Cl)ccc1OC1CCOC2(CCSC2)C1. The summed E-state index contributed by atoms with van der Waals surface area (Å²) in [6.07, 6.45) is 2.50. The van der Waals surface area contributed by atoms with E-state index in [-0.39, 0.29) is 11.7 Å². The van der Waals surface area contributed by atoms with E-state index in [4.69, 9.17) is 21.1 Å². The summed E-state index contributed by atoms with van der Waals surface area (Å²) in [6, 6.07) is 5.45. The fraction of sp³-hybridized carbons (Fsp3) is 0.625. The summed E-state index contributed by atoms with van der Waals surface area (Å²) < 4.78 is 12.2. The molecule has 1 aromatic rings. The number of benzene rings is 1. The van der Waals surface area contributed by atoms with Crippen LogP contribution in [-0.2, 0) is 4.74 Å². The van der Waals surface area contributed by atoms with E-state index >= 15 is 0 Å². The molecule has 1 aromatic carbocycles. The van der Waals surface area contributed by atoms with Gasteiger partial charge in [-0.25, -0.2) is 0 Å². The van der Waals surface area contributed by atoms with E-state index in [1.165, 1.54) is 5.75 Å². The molecule has 2 fully saturated rings. The lowest BCUT2D eigenvalue weighted by Gasteiger charge is -2.38. The molecule has 2 aliphatic heterocycles. The van der Waals surface area contributed by atoms with Crippen molar-refractivity contribution in [2.45, 2.75) is 44.0 Å². The predicted octanol–water partition coefficient (Wildman–Crippen LogP) is 3.83. The van der Waals surface area contributed by atoms with Gasteiger partial charge in [0.25, 0.3) is 0 Å². The van der Waals surface area contributed by atoms with E-state index in [9.17, 15) is 5.11 Å². The van der Waals surface area contributed by atoms with E-state index in [2.05, 4.69) is 0 Å². The van der Waals surface area contributed by atoms with Crippen molar-refractivity contribution in [2.75, 3.05) is 18.1 Å². The van der Waals surface area contributed by atoms with Gasteiger partial charge < -0.3 is 14.6 Å². The summed E-state index contributed by atoms with van der Waals surface area (Å²) in [5.41, 5.74) is 0.759. The van der Waals surface area contributed by atoms with Crippen LogP contribution in [-0.4, -0.2) is 34.9 Å². The first kappa shape index (κ1) is 15.5. The minimum atomic E-state index is -0.588. The maximum absolute atomic E-state index is 9.90. The fourth-order valence-electron chi connectivity index (χ4n) is 3.08. The molecule has 116 valence electrons. The zero-order valence-electron chi connectivity index (χ0n) is 12.2. The molecule has 3 nitrogen and oxygen atoms in total. The van der Waals surface area contributed by atoms with Gasteiger partial charge in [0.05, 0.1) is 18.3 Å². The Morgan fingerprint density at radius 2 is 2.38 bits per heavy atom. The van der Waals surface area contributed by atoms with Gasteiger partial charge in [-0.1, -0.05) is 11.6 Å². The smallest absolute Gasteiger partial charge is 0.125 e. The summed E-state index contributed by atoms with van der Waals surface area (Å²) in [6.45, 7) is 2.49. The van der Waals surface area contributed by atoms with Crippen molar-refractivity contribution >= 4 is 23.4 Å². The van der Waals surface area contributed by atoms with Gasteiger partial charge in [-0.2, -0.15) is 11.8 Å². The first-order chi connectivity index (χ1) is 10.1. The monoisotopic (exact) mass is 328 g/mol. The van der Waals surface area contributed by atoms with Crippen LogP contribution in [0.4, 0.5) is 0 Å². The number of thioether (sulfide) groups is 1. The van der Waals surface area contributed by atoms with Crippen LogP contribution >= 0.6 is 23.4 Å². The van der Waals surface area contributed by atoms with E-state index in [0.29, 0.717) is 5.02 Å². The third-order valence-corrected chi connectivity index (χ3v) is 5.69. The van der Waals surface area contributed by atoms with Crippen LogP contribution < -0.4 is 4.74 Å². The lowest BCUT2D eigenvalue weighted by atomic mass is 9.91. The Labute approximate surface area is 135 Å². The Kier molecular flexibility index (Phi) is 4.69. The molecule has 1 N–H and O–H groups in total. The average Bonchev–Trinajstić information content (AvgIpc) is 2.88. The molecule has 0 bridgehead atoms. The zero-order valence-corrected chi connectivity index (χ0v) is 13.8. The molecule has 2 saturated heterocycles. The van der Waals surface area contributed by atoms with Crippen LogP contribution in [0.5, 0.6) is 5.75 Å². The van der Waals surface area contributed by atoms with Gasteiger partial charge in [-0.05, 0) is 37.3 Å². The van der Waals surface area contributed by atoms with Gasteiger partial charge in [-0.15, -0.1) is 0 Å². The molecule has 3 rings (SSSR count). The van der Waals surface area contributed by atoms with Crippen molar-refractivity contribution in [2.24, 2.45) is 0 Å². The molecule has 0 saturated carbocycles. The van der Waals surface area contributed by atoms with Gasteiger partial charge in [-0.3, -0.25) is 0 Å². The molecule has 2 aliphatic rings. The van der Waals surface area contributed by atoms with Gasteiger partial charge in [0.1, 0.15) is 11.9 Å². The molecule has 1 spiro atoms. The average molecular weight is 329 g/mol. The van der Waals surface area contributed by atoms with Crippen LogP contribution in [0.2, 0.25) is 5.02 Å². The van der Waals surface area contributed by atoms with E-state index in [1.807, 2.05) is 23.9 Å². The predicted molar refractivity (Wildman–Crippen MR) is 86.4 cm³/mol. The van der Waals surface area contributed by atoms with E-state index in [1.54, 1.807) is 13.0 Å². The molecular formula is C16H21ClO3S. The molecule has 2 heterocycles. The van der Waals surface area contributed by atoms with E-state index in [0.717, 1.165) is 42.9 Å². The highest BCUT2D eigenvalue weighted by Gasteiger charge is 2.41. The van der Waals surface area contributed by atoms with Crippen molar-refractivity contribution in [3.63, 3.8) is 0 Å². The number of ether oxygens (including phenoxy) is 2. The van der Waals surface area contributed by atoms with Crippen LogP contribution in [0.15, 0.2) is 18.2 Å². The molecule has 0 radical (unpaired) electrons. The lowest BCUT2D eigenvalue weighted by molar-refractivity contribution is -0.0961. The van der Waals surface area contributed by atoms with Crippen molar-refractivity contribution in [1.29, 1.82) is 0 Å². The van der Waals surface area contributed by atoms with Crippen molar-refractivity contribution in [1.82, 2.24) is 0 Å². The second-order valence-corrected chi connectivity index (χ2v) is 7.47. The van der Waals surface area contributed by atoms with Crippen molar-refractivity contribution < 1.29 is 14.6 Å². The molecule has 21 heavy (non-hydrogen) atoms. The van der Waals surface area contributed by atoms with Gasteiger partial charge in [0.2, 0.25) is 0 Å². The van der Waals surface area contributed by atoms with Gasteiger partial charge >= 0.3 is 0 Å². The number of hydrogen-bond donors (Lipinski definition) is 1. The van der Waals surface area contributed by atoms with Crippen molar-refractivity contribution in [3.8, 4) is 5.75 Å². The van der Waals surface area contributed by atoms with E-state index < -0.39 is 6.10 Å². The fourth-order valence-corrected chi connectivity index (χ4v) is 4.64. The molecule has 3 atom stereocenters. The van der Waals surface area contributed by atoms with Crippen LogP contribution in [0.3, 0.4) is 0 Å². The molecular weight excluding hydrogens is 308 g/mol. The number of aliphatic hydroxyl groups excluding tert-OH is 1. The standard InChI is InChI=1S/C16H21ClO3S/c1-11(18)14-8-12(17)2-3-15(14)20-13-4-6-19-16(9-13)5-7-21-10-16/h2-3,8,11,13,18H,4-7,9-10H2,1H3/t11-,13?,16?/m1/s1. The quantitative estimate of drug-likeness (QED) is 0.915. The zero-order chi connectivity index (χ0) is 14.9. The summed E-state index contributed by atoms with van der Waals surface area (Å²) in [7, 11) is 0. The third-order valence-electron chi connectivity index (χ3n) is 4.23. The summed E-state index contributed by atoms with van der Waals surface area (Å²) in [4.78, 5) is 0. The Hall–Kier alpha value is -0.420. The van der Waals surface area contributed by atoms with Gasteiger partial charge in [0, 0.05) is 29.2 Å². The van der Waals surface area contributed by atoms with Crippen LogP contribution in [0.25, 0.3) is 0 Å². The molecule has 0 aliphatic carbocycles. The topological polar surface area (TPSA) is 38.7 Å². The molecule has 0 amide bonds. The maximum atomic E-state index is 9.90. The number of hydrogen-bond acceptors (Lipinski definition) is 4. The van der Waals surface area contributed by atoms with Gasteiger partial charge in [0.15, 0.2) is 0 Å². The molecule has 0 aromatic heterocycles. The van der Waals surface area contributed by atoms with Crippen LogP contribution in [0.1, 0.15) is 37.9 Å². The minimum absolute atomic E-state index is 0.00496. The number of aliphatic hydroxyl groups is 1. The molecule has 2 unspecified atom stereocenters. The lowest BCUT2D eigenvalue weighted by Crippen LogP contribution is -2.43. The Morgan fingerprint density at radius 3 is 3.10 bits per heavy atom. The second-order valence-electron chi connectivity index (χ2n) is 5.92. The molecule has 5 heteroatoms. The summed E-state index contributed by atoms with van der Waals surface area (Å²) in [5.74, 6) is 2.98. The summed E-state index contributed by atoms with van der Waals surface area (Å²) in [5, 5.41) is 10.5. The Bertz CT molecular complexity index is 500. The first-order valence-corrected chi connectivity index (χ1v) is 8.97. The Morgan fingerprint density at radius 1 is 1.52 bits per heavy atom. The maximum Gasteiger partial charge on any atom is 0.125 e.